The van der Waals surface area contributed by atoms with Gasteiger partial charge < -0.3 is 14.4 Å². The highest BCUT2D eigenvalue weighted by atomic mass is 16.5. The van der Waals surface area contributed by atoms with E-state index in [4.69, 9.17) is 9.47 Å². The second-order valence-corrected chi connectivity index (χ2v) is 13.0. The summed E-state index contributed by atoms with van der Waals surface area (Å²) in [7, 11) is 0. The van der Waals surface area contributed by atoms with Crippen LogP contribution in [0.15, 0.2) is 127 Å². The highest BCUT2D eigenvalue weighted by Crippen LogP contribution is 2.65. The quantitative estimate of drug-likeness (QED) is 0.191. The maximum atomic E-state index is 6.63. The second kappa shape index (κ2) is 7.61. The van der Waals surface area contributed by atoms with Crippen molar-refractivity contribution in [1.82, 2.24) is 4.57 Å². The van der Waals surface area contributed by atoms with Crippen LogP contribution in [0.3, 0.4) is 0 Å². The molecule has 4 heterocycles. The first-order valence-corrected chi connectivity index (χ1v) is 15.9. The number of aromatic nitrogens is 1. The zero-order valence-corrected chi connectivity index (χ0v) is 24.8. The fourth-order valence-electron chi connectivity index (χ4n) is 9.13. The summed E-state index contributed by atoms with van der Waals surface area (Å²) >= 11 is 0. The molecule has 0 saturated carbocycles. The molecule has 0 amide bonds. The number of anilines is 3. The molecule has 0 spiro atoms. The van der Waals surface area contributed by atoms with Gasteiger partial charge in [0.15, 0.2) is 23.0 Å². The molecule has 3 aliphatic heterocycles. The third-order valence-electron chi connectivity index (χ3n) is 10.9. The smallest absolute Gasteiger partial charge is 0.155 e. The molecule has 0 fully saturated rings. The summed E-state index contributed by atoms with van der Waals surface area (Å²) in [6.45, 7) is 2.42. The molecule has 0 radical (unpaired) electrons. The van der Waals surface area contributed by atoms with Crippen molar-refractivity contribution in [3.8, 4) is 39.8 Å². The standard InChI is InChI=1S/C42H24N2O2/c1-42-28-14-5-4-11-25(28)26-12-6-15-31(37(26)42)43(38-24-10-3-2-9-23(24)19-20-29(38)42)30-21-22-35-41-36(30)27-13-7-16-32-39(27)44(41)40-33(45-32)17-8-18-34(40)46-35/h2-22H,1H3. The van der Waals surface area contributed by atoms with Gasteiger partial charge in [-0.1, -0.05) is 91.0 Å². The van der Waals surface area contributed by atoms with Gasteiger partial charge in [-0.25, -0.2) is 0 Å². The maximum Gasteiger partial charge on any atom is 0.155 e. The van der Waals surface area contributed by atoms with Crippen LogP contribution in [0, 0.1) is 0 Å². The van der Waals surface area contributed by atoms with Crippen LogP contribution in [0.4, 0.5) is 17.1 Å². The number of hydrogen-bond donors (Lipinski definition) is 0. The van der Waals surface area contributed by atoms with Gasteiger partial charge in [0.05, 0.1) is 28.1 Å². The van der Waals surface area contributed by atoms with Crippen molar-refractivity contribution in [2.75, 3.05) is 4.90 Å². The lowest BCUT2D eigenvalue weighted by Gasteiger charge is -2.43. The van der Waals surface area contributed by atoms with Crippen LogP contribution in [0.2, 0.25) is 0 Å². The van der Waals surface area contributed by atoms with E-state index in [2.05, 4.69) is 126 Å². The minimum Gasteiger partial charge on any atom is -0.453 e. The van der Waals surface area contributed by atoms with E-state index in [1.54, 1.807) is 0 Å². The number of nitrogens with zero attached hydrogens (tertiary/aromatic N) is 2. The molecule has 8 aromatic rings. The fourth-order valence-corrected chi connectivity index (χ4v) is 9.13. The van der Waals surface area contributed by atoms with E-state index < -0.39 is 0 Å². The van der Waals surface area contributed by atoms with Crippen molar-refractivity contribution in [1.29, 1.82) is 0 Å². The fraction of sp³-hybridized carbons (Fsp3) is 0.0476. The van der Waals surface area contributed by atoms with Crippen molar-refractivity contribution in [3.05, 3.63) is 144 Å². The van der Waals surface area contributed by atoms with Gasteiger partial charge in [0.1, 0.15) is 5.69 Å². The van der Waals surface area contributed by atoms with E-state index >= 15 is 0 Å². The number of hydrogen-bond acceptors (Lipinski definition) is 3. The summed E-state index contributed by atoms with van der Waals surface area (Å²) in [6.07, 6.45) is 0. The topological polar surface area (TPSA) is 26.6 Å². The molecule has 4 nitrogen and oxygen atoms in total. The Morgan fingerprint density at radius 2 is 1.22 bits per heavy atom. The summed E-state index contributed by atoms with van der Waals surface area (Å²) in [5, 5.41) is 4.79. The third-order valence-corrected chi connectivity index (χ3v) is 10.9. The van der Waals surface area contributed by atoms with E-state index in [0.29, 0.717) is 0 Å². The molecule has 1 aliphatic carbocycles. The average Bonchev–Trinajstić information content (AvgIpc) is 3.59. The zero-order chi connectivity index (χ0) is 29.9. The molecule has 1 unspecified atom stereocenters. The average molecular weight is 589 g/mol. The normalized spacial score (nSPS) is 17.2. The van der Waals surface area contributed by atoms with Crippen molar-refractivity contribution in [2.45, 2.75) is 12.3 Å². The lowest BCUT2D eigenvalue weighted by Crippen LogP contribution is -2.32. The predicted molar refractivity (Wildman–Crippen MR) is 184 cm³/mol. The van der Waals surface area contributed by atoms with Gasteiger partial charge in [-0.05, 0) is 76.5 Å². The Morgan fingerprint density at radius 3 is 2.13 bits per heavy atom. The first-order chi connectivity index (χ1) is 22.7. The molecule has 0 N–H and O–H groups in total. The van der Waals surface area contributed by atoms with Crippen molar-refractivity contribution < 1.29 is 9.47 Å². The molecule has 7 aromatic carbocycles. The van der Waals surface area contributed by atoms with Gasteiger partial charge in [-0.15, -0.1) is 0 Å². The molecule has 4 heteroatoms. The lowest BCUT2D eigenvalue weighted by atomic mass is 9.70. The van der Waals surface area contributed by atoms with Crippen LogP contribution in [-0.2, 0) is 5.41 Å². The zero-order valence-electron chi connectivity index (χ0n) is 24.8. The van der Waals surface area contributed by atoms with E-state index in [1.807, 2.05) is 18.2 Å². The molecule has 4 aliphatic rings. The minimum absolute atomic E-state index is 0.294. The van der Waals surface area contributed by atoms with Gasteiger partial charge in [-0.3, -0.25) is 4.57 Å². The van der Waals surface area contributed by atoms with Gasteiger partial charge >= 0.3 is 0 Å². The summed E-state index contributed by atoms with van der Waals surface area (Å²) in [4.78, 5) is 2.54. The Balaban J connectivity index is 1.28. The summed E-state index contributed by atoms with van der Waals surface area (Å²) in [6, 6.07) is 46.2. The molecular formula is C42H24N2O2. The molecule has 1 atom stereocenters. The first-order valence-electron chi connectivity index (χ1n) is 15.9. The van der Waals surface area contributed by atoms with Crippen LogP contribution in [0.1, 0.15) is 23.6 Å². The van der Waals surface area contributed by atoms with Crippen molar-refractivity contribution in [2.24, 2.45) is 0 Å². The molecule has 12 rings (SSSR count). The Kier molecular flexibility index (Phi) is 3.87. The molecular weight excluding hydrogens is 564 g/mol. The molecule has 214 valence electrons. The Hall–Kier alpha value is -6.00. The number of rotatable bonds is 1. The van der Waals surface area contributed by atoms with E-state index in [1.165, 1.54) is 50.0 Å². The minimum atomic E-state index is -0.294. The Labute approximate surface area is 264 Å². The number of para-hydroxylation sites is 2. The largest absolute Gasteiger partial charge is 0.453 e. The second-order valence-electron chi connectivity index (χ2n) is 13.0. The summed E-state index contributed by atoms with van der Waals surface area (Å²) in [5.74, 6) is 3.35. The predicted octanol–water partition coefficient (Wildman–Crippen LogP) is 11.3. The van der Waals surface area contributed by atoms with E-state index in [-0.39, 0.29) is 5.41 Å². The van der Waals surface area contributed by atoms with E-state index in [9.17, 15) is 0 Å². The van der Waals surface area contributed by atoms with Crippen LogP contribution in [0.5, 0.6) is 23.0 Å². The highest BCUT2D eigenvalue weighted by molar-refractivity contribution is 6.22. The van der Waals surface area contributed by atoms with Crippen LogP contribution < -0.4 is 14.4 Å². The Morgan fingerprint density at radius 1 is 0.500 bits per heavy atom. The first kappa shape index (κ1) is 23.4. The molecule has 1 aromatic heterocycles. The monoisotopic (exact) mass is 588 g/mol. The molecule has 0 saturated heterocycles. The molecule has 0 bridgehead atoms. The number of ether oxygens (including phenoxy) is 2. The lowest BCUT2D eigenvalue weighted by molar-refractivity contribution is 0.444. The summed E-state index contributed by atoms with van der Waals surface area (Å²) in [5.41, 5.74) is 13.1. The van der Waals surface area contributed by atoms with Crippen LogP contribution >= 0.6 is 0 Å². The van der Waals surface area contributed by atoms with Gasteiger partial charge in [-0.2, -0.15) is 0 Å². The molecule has 46 heavy (non-hydrogen) atoms. The summed E-state index contributed by atoms with van der Waals surface area (Å²) < 4.78 is 15.5. The van der Waals surface area contributed by atoms with Gasteiger partial charge in [0, 0.05) is 21.6 Å². The number of benzene rings is 7. The van der Waals surface area contributed by atoms with Gasteiger partial charge in [0.25, 0.3) is 0 Å². The number of fused-ring (bicyclic) bond motifs is 8. The van der Waals surface area contributed by atoms with Crippen molar-refractivity contribution in [3.63, 3.8) is 0 Å². The maximum absolute atomic E-state index is 6.63. The van der Waals surface area contributed by atoms with Crippen molar-refractivity contribution >= 4 is 49.6 Å². The van der Waals surface area contributed by atoms with Crippen LogP contribution in [0.25, 0.3) is 49.4 Å². The van der Waals surface area contributed by atoms with Crippen LogP contribution in [-0.4, -0.2) is 4.57 Å². The third kappa shape index (κ3) is 2.44. The Bertz CT molecular complexity index is 2720. The van der Waals surface area contributed by atoms with Gasteiger partial charge in [0.2, 0.25) is 0 Å². The highest BCUT2D eigenvalue weighted by Gasteiger charge is 2.49. The SMILES string of the molecule is CC12c3ccccc3-c3cccc(c31)N(c1ccc3c4c1c1cccc5c1n4-c1c(cccc1O3)O5)c1c2ccc2ccccc12. The van der Waals surface area contributed by atoms with E-state index in [0.717, 1.165) is 56.2 Å².